The summed E-state index contributed by atoms with van der Waals surface area (Å²) in [6.07, 6.45) is 65.6. The highest BCUT2D eigenvalue weighted by Crippen LogP contribution is 2.11. The van der Waals surface area contributed by atoms with Gasteiger partial charge in [0.2, 0.25) is 0 Å². The third kappa shape index (κ3) is 47.9. The van der Waals surface area contributed by atoms with Crippen molar-refractivity contribution in [1.29, 1.82) is 0 Å². The van der Waals surface area contributed by atoms with Crippen LogP contribution in [-0.4, -0.2) is 11.1 Å². The van der Waals surface area contributed by atoms with E-state index in [1.807, 2.05) is 0 Å². The molecule has 0 unspecified atom stereocenters. The normalized spacial score (nSPS) is 13.9. The zero-order chi connectivity index (χ0) is 45.1. The number of aliphatic carboxylic acids is 1. The van der Waals surface area contributed by atoms with Crippen LogP contribution in [0.15, 0.2) is 178 Å². The molecule has 0 aliphatic carbocycles. The number of unbranched alkanes of at least 4 members (excludes halogenated alkanes) is 8. The minimum atomic E-state index is -0.671. The van der Waals surface area contributed by atoms with Crippen LogP contribution in [0.5, 0.6) is 0 Å². The maximum absolute atomic E-state index is 10.3. The molecule has 2 nitrogen and oxygen atoms in total. The molecule has 60 heavy (non-hydrogen) atoms. The van der Waals surface area contributed by atoms with E-state index in [-0.39, 0.29) is 0 Å². The lowest BCUT2D eigenvalue weighted by molar-refractivity contribution is -0.137. The van der Waals surface area contributed by atoms with Gasteiger partial charge in [0.15, 0.2) is 0 Å². The minimum absolute atomic E-state index is 0.324. The Morgan fingerprint density at radius 1 is 0.400 bits per heavy atom. The second-order valence-corrected chi connectivity index (χ2v) is 16.5. The lowest BCUT2D eigenvalue weighted by atomic mass is 10.1. The van der Waals surface area contributed by atoms with Crippen LogP contribution >= 0.6 is 0 Å². The van der Waals surface area contributed by atoms with E-state index in [0.29, 0.717) is 6.42 Å². The van der Waals surface area contributed by atoms with Gasteiger partial charge in [-0.3, -0.25) is 4.79 Å². The fraction of sp³-hybridized carbons (Fsp3) is 0.466. The van der Waals surface area contributed by atoms with Crippen molar-refractivity contribution in [2.75, 3.05) is 0 Å². The van der Waals surface area contributed by atoms with Gasteiger partial charge in [0.25, 0.3) is 0 Å². The van der Waals surface area contributed by atoms with Gasteiger partial charge in [-0.2, -0.15) is 0 Å². The average Bonchev–Trinajstić information content (AvgIpc) is 3.18. The van der Waals surface area contributed by atoms with Crippen molar-refractivity contribution in [1.82, 2.24) is 0 Å². The monoisotopic (exact) mass is 817 g/mol. The number of allylic oxidation sites excluding steroid dienone is 30. The highest BCUT2D eigenvalue weighted by molar-refractivity contribution is 5.66. The van der Waals surface area contributed by atoms with Crippen molar-refractivity contribution in [3.63, 3.8) is 0 Å². The molecular formula is C58H88O2. The summed E-state index contributed by atoms with van der Waals surface area (Å²) in [5, 5.41) is 8.50. The Balaban J connectivity index is 0. The average molecular weight is 817 g/mol. The SMILES string of the molecule is CC(C)=CCC/C(C)=C/C=C/C(C)=C/C=C/C(C)=C/C=C/C=C(C)/C=C/C=C(C)/C=C/C=C(\C)CCC=C(C)C.CCCCC/C=C\C/C=C\CCCCCCCC(=O)O. The van der Waals surface area contributed by atoms with Crippen molar-refractivity contribution < 1.29 is 9.90 Å². The van der Waals surface area contributed by atoms with E-state index in [1.165, 1.54) is 89.5 Å². The molecule has 2 heteroatoms. The second-order valence-electron chi connectivity index (χ2n) is 16.5. The molecule has 1 N–H and O–H groups in total. The van der Waals surface area contributed by atoms with Gasteiger partial charge in [-0.15, -0.1) is 0 Å². The summed E-state index contributed by atoms with van der Waals surface area (Å²) in [4.78, 5) is 10.3. The Labute approximate surface area is 371 Å². The third-order valence-corrected chi connectivity index (χ3v) is 9.27. The van der Waals surface area contributed by atoms with E-state index in [0.717, 1.165) is 51.4 Å². The number of hydrogen-bond donors (Lipinski definition) is 1. The molecule has 0 saturated carbocycles. The predicted octanol–water partition coefficient (Wildman–Crippen LogP) is 18.8. The zero-order valence-electron chi connectivity index (χ0n) is 40.4. The number of hydrogen-bond acceptors (Lipinski definition) is 1. The van der Waals surface area contributed by atoms with Crippen LogP contribution in [0.2, 0.25) is 0 Å². The van der Waals surface area contributed by atoms with Crippen molar-refractivity contribution in [2.24, 2.45) is 0 Å². The molecule has 0 amide bonds. The summed E-state index contributed by atoms with van der Waals surface area (Å²) in [5.41, 5.74) is 10.5. The van der Waals surface area contributed by atoms with E-state index in [4.69, 9.17) is 5.11 Å². The van der Waals surface area contributed by atoms with Crippen LogP contribution in [0.4, 0.5) is 0 Å². The molecule has 0 bridgehead atoms. The molecular weight excluding hydrogens is 729 g/mol. The van der Waals surface area contributed by atoms with E-state index >= 15 is 0 Å². The van der Waals surface area contributed by atoms with Gasteiger partial charge in [0, 0.05) is 6.42 Å². The van der Waals surface area contributed by atoms with Crippen LogP contribution in [0.1, 0.15) is 179 Å². The number of carboxylic acid groups (broad SMARTS) is 1. The molecule has 0 rings (SSSR count). The smallest absolute Gasteiger partial charge is 0.303 e. The fourth-order valence-corrected chi connectivity index (χ4v) is 5.50. The van der Waals surface area contributed by atoms with Gasteiger partial charge in [0.1, 0.15) is 0 Å². The Hall–Kier alpha value is -4.43. The first-order valence-corrected chi connectivity index (χ1v) is 22.9. The lowest BCUT2D eigenvalue weighted by Crippen LogP contribution is -1.93. The van der Waals surface area contributed by atoms with Crippen molar-refractivity contribution in [3.8, 4) is 0 Å². The Bertz CT molecular complexity index is 1510. The van der Waals surface area contributed by atoms with Gasteiger partial charge >= 0.3 is 5.97 Å². The van der Waals surface area contributed by atoms with E-state index in [2.05, 4.69) is 210 Å². The Morgan fingerprint density at radius 2 is 0.767 bits per heavy atom. The number of carboxylic acids is 1. The molecule has 0 saturated heterocycles. The van der Waals surface area contributed by atoms with Crippen LogP contribution < -0.4 is 0 Å². The summed E-state index contributed by atoms with van der Waals surface area (Å²) in [5.74, 6) is -0.671. The number of rotatable bonds is 30. The van der Waals surface area contributed by atoms with Gasteiger partial charge in [-0.25, -0.2) is 0 Å². The van der Waals surface area contributed by atoms with Crippen LogP contribution in [0.3, 0.4) is 0 Å². The molecule has 0 aromatic carbocycles. The first-order valence-electron chi connectivity index (χ1n) is 22.9. The first kappa shape index (κ1) is 57.7. The maximum atomic E-state index is 10.3. The van der Waals surface area contributed by atoms with Crippen molar-refractivity contribution in [2.45, 2.75) is 179 Å². The summed E-state index contributed by atoms with van der Waals surface area (Å²) in [6, 6.07) is 0. The highest BCUT2D eigenvalue weighted by Gasteiger charge is 1.96. The standard InChI is InChI=1S/C40H56.C18H32O2/c1-33(2)19-13-23-37(7)27-17-31-39(9)29-15-25-35(5)21-11-12-22-36(6)26-16-30-40(10)32-18-28-38(8)24-14-20-34(3)4;1-2-3-4-5-6-7-8-9-10-11-12-13-14-15-16-17-18(19)20/h11-12,15-22,25-32H,13-14,23-24H2,1-10H3;6-7,9-10H,2-5,8,11-17H2,1H3,(H,19,20)/b12-11+,25-15+,26-16+,31-17+,32-18+,35-21+,36-22+,37-27+,38-28+,39-29+,40-30+;7-6-,10-9-. The van der Waals surface area contributed by atoms with Gasteiger partial charge in [-0.05, 0) is 133 Å². The summed E-state index contributed by atoms with van der Waals surface area (Å²) in [6.45, 7) is 23.7. The lowest BCUT2D eigenvalue weighted by Gasteiger charge is -1.98. The molecule has 0 radical (unpaired) electrons. The Morgan fingerprint density at radius 3 is 1.17 bits per heavy atom. The highest BCUT2D eigenvalue weighted by atomic mass is 16.4. The van der Waals surface area contributed by atoms with Crippen LogP contribution in [-0.2, 0) is 4.79 Å². The molecule has 0 aliphatic heterocycles. The molecule has 0 aliphatic rings. The fourth-order valence-electron chi connectivity index (χ4n) is 5.50. The van der Waals surface area contributed by atoms with E-state index < -0.39 is 5.97 Å². The van der Waals surface area contributed by atoms with E-state index in [9.17, 15) is 4.79 Å². The molecule has 0 aromatic heterocycles. The summed E-state index contributed by atoms with van der Waals surface area (Å²) < 4.78 is 0. The Kier molecular flexibility index (Phi) is 41.0. The molecule has 0 aromatic rings. The van der Waals surface area contributed by atoms with Gasteiger partial charge < -0.3 is 5.11 Å². The van der Waals surface area contributed by atoms with Crippen LogP contribution in [0.25, 0.3) is 0 Å². The molecule has 0 heterocycles. The summed E-state index contributed by atoms with van der Waals surface area (Å²) >= 11 is 0. The number of carbonyl (C=O) groups is 1. The van der Waals surface area contributed by atoms with E-state index in [1.54, 1.807) is 0 Å². The molecule has 0 fully saturated rings. The second kappa shape index (κ2) is 42.7. The topological polar surface area (TPSA) is 37.3 Å². The quantitative estimate of drug-likeness (QED) is 0.0445. The van der Waals surface area contributed by atoms with Gasteiger partial charge in [0.05, 0.1) is 0 Å². The van der Waals surface area contributed by atoms with Crippen LogP contribution in [0, 0.1) is 0 Å². The van der Waals surface area contributed by atoms with Gasteiger partial charge in [-0.1, -0.05) is 217 Å². The maximum Gasteiger partial charge on any atom is 0.303 e. The zero-order valence-corrected chi connectivity index (χ0v) is 40.4. The molecule has 332 valence electrons. The predicted molar refractivity (Wildman–Crippen MR) is 273 cm³/mol. The first-order chi connectivity index (χ1) is 28.8. The van der Waals surface area contributed by atoms with Crippen molar-refractivity contribution in [3.05, 3.63) is 178 Å². The molecule has 0 spiro atoms. The third-order valence-electron chi connectivity index (χ3n) is 9.27. The largest absolute Gasteiger partial charge is 0.481 e. The minimum Gasteiger partial charge on any atom is -0.481 e. The van der Waals surface area contributed by atoms with Crippen molar-refractivity contribution >= 4 is 5.97 Å². The molecule has 0 atom stereocenters. The summed E-state index contributed by atoms with van der Waals surface area (Å²) in [7, 11) is 0.